The molecule has 1 saturated heterocycles. The Bertz CT molecular complexity index is 914. The van der Waals surface area contributed by atoms with Crippen molar-refractivity contribution in [2.45, 2.75) is 29.1 Å². The number of hydrogen-bond donors (Lipinski definition) is 1. The Morgan fingerprint density at radius 1 is 1.11 bits per heavy atom. The normalized spacial score (nSPS) is 14.9. The highest BCUT2D eigenvalue weighted by Crippen LogP contribution is 2.30. The molecule has 7 nitrogen and oxygen atoms in total. The van der Waals surface area contributed by atoms with Crippen LogP contribution >= 0.6 is 11.8 Å². The molecule has 0 aliphatic carbocycles. The van der Waals surface area contributed by atoms with Gasteiger partial charge in [0.05, 0.1) is 10.6 Å². The van der Waals surface area contributed by atoms with Gasteiger partial charge in [0.15, 0.2) is 0 Å². The number of nitrogens with one attached hydrogen (secondary N) is 1. The van der Waals surface area contributed by atoms with Crippen LogP contribution in [0, 0.1) is 10.1 Å². The van der Waals surface area contributed by atoms with Crippen molar-refractivity contribution in [3.05, 3.63) is 58.6 Å². The van der Waals surface area contributed by atoms with Gasteiger partial charge < -0.3 is 5.32 Å². The molecule has 1 aliphatic heterocycles. The van der Waals surface area contributed by atoms with Crippen LogP contribution < -0.4 is 5.32 Å². The molecule has 0 atom stereocenters. The van der Waals surface area contributed by atoms with E-state index in [1.54, 1.807) is 11.8 Å². The monoisotopic (exact) mass is 421 g/mol. The van der Waals surface area contributed by atoms with Gasteiger partial charge in [-0.3, -0.25) is 10.1 Å². The van der Waals surface area contributed by atoms with Gasteiger partial charge in [-0.15, -0.1) is 11.8 Å². The van der Waals surface area contributed by atoms with Gasteiger partial charge in [0, 0.05) is 36.7 Å². The second-order valence-corrected chi connectivity index (χ2v) is 9.57. The second kappa shape index (κ2) is 9.40. The van der Waals surface area contributed by atoms with Crippen molar-refractivity contribution in [2.24, 2.45) is 0 Å². The molecule has 9 heteroatoms. The lowest BCUT2D eigenvalue weighted by Crippen LogP contribution is -2.28. The van der Waals surface area contributed by atoms with E-state index < -0.39 is 14.9 Å². The predicted molar refractivity (Wildman–Crippen MR) is 111 cm³/mol. The first-order valence-corrected chi connectivity index (χ1v) is 11.6. The number of thioether (sulfide) groups is 1. The first kappa shape index (κ1) is 20.6. The Kier molecular flexibility index (Phi) is 6.93. The first-order valence-electron chi connectivity index (χ1n) is 9.19. The van der Waals surface area contributed by atoms with Gasteiger partial charge in [0.2, 0.25) is 10.0 Å². The number of anilines is 1. The van der Waals surface area contributed by atoms with Crippen LogP contribution in [0.1, 0.15) is 19.3 Å². The van der Waals surface area contributed by atoms with Crippen molar-refractivity contribution in [1.29, 1.82) is 0 Å². The summed E-state index contributed by atoms with van der Waals surface area (Å²) in [5.41, 5.74) is 0.199. The van der Waals surface area contributed by atoms with Crippen molar-refractivity contribution >= 4 is 33.2 Å². The van der Waals surface area contributed by atoms with E-state index in [9.17, 15) is 18.5 Å². The summed E-state index contributed by atoms with van der Waals surface area (Å²) >= 11 is 1.74. The molecule has 2 aromatic rings. The fourth-order valence-electron chi connectivity index (χ4n) is 3.05. The molecule has 150 valence electrons. The van der Waals surface area contributed by atoms with Crippen molar-refractivity contribution in [3.63, 3.8) is 0 Å². The van der Waals surface area contributed by atoms with E-state index in [0.717, 1.165) is 31.1 Å². The average Bonchev–Trinajstić information content (AvgIpc) is 3.24. The van der Waals surface area contributed by atoms with Crippen LogP contribution in [0.25, 0.3) is 0 Å². The molecule has 0 bridgehead atoms. The van der Waals surface area contributed by atoms with Crippen molar-refractivity contribution in [3.8, 4) is 0 Å². The Morgan fingerprint density at radius 2 is 1.82 bits per heavy atom. The van der Waals surface area contributed by atoms with Gasteiger partial charge >= 0.3 is 0 Å². The number of sulfonamides is 1. The van der Waals surface area contributed by atoms with Crippen LogP contribution in [-0.2, 0) is 10.0 Å². The van der Waals surface area contributed by atoms with E-state index in [4.69, 9.17) is 0 Å². The highest BCUT2D eigenvalue weighted by molar-refractivity contribution is 7.99. The summed E-state index contributed by atoms with van der Waals surface area (Å²) in [6.07, 6.45) is 2.46. The lowest BCUT2D eigenvalue weighted by atomic mass is 10.3. The SMILES string of the molecule is O=[N+]([O-])c1ccc(NCCCSc2ccccc2)c(S(=O)(=O)N2CCCC2)c1. The molecule has 2 aromatic carbocycles. The number of rotatable bonds is 9. The highest BCUT2D eigenvalue weighted by atomic mass is 32.2. The first-order chi connectivity index (χ1) is 13.5. The second-order valence-electron chi connectivity index (χ2n) is 6.49. The molecular weight excluding hydrogens is 398 g/mol. The smallest absolute Gasteiger partial charge is 0.270 e. The number of nitrogens with zero attached hydrogens (tertiary/aromatic N) is 2. The topological polar surface area (TPSA) is 92.5 Å². The number of benzene rings is 2. The van der Waals surface area contributed by atoms with Crippen LogP contribution in [0.5, 0.6) is 0 Å². The minimum absolute atomic E-state index is 0.0145. The van der Waals surface area contributed by atoms with Crippen LogP contribution in [0.2, 0.25) is 0 Å². The maximum atomic E-state index is 13.0. The summed E-state index contributed by atoms with van der Waals surface area (Å²) in [5, 5.41) is 14.3. The highest BCUT2D eigenvalue weighted by Gasteiger charge is 2.30. The maximum absolute atomic E-state index is 13.0. The van der Waals surface area contributed by atoms with Gasteiger partial charge in [0.1, 0.15) is 4.90 Å². The Morgan fingerprint density at radius 3 is 2.50 bits per heavy atom. The van der Waals surface area contributed by atoms with Gasteiger partial charge in [-0.1, -0.05) is 18.2 Å². The molecule has 1 N–H and O–H groups in total. The van der Waals surface area contributed by atoms with Crippen molar-refractivity contribution in [2.75, 3.05) is 30.7 Å². The fraction of sp³-hybridized carbons (Fsp3) is 0.368. The molecule has 0 aromatic heterocycles. The summed E-state index contributed by atoms with van der Waals surface area (Å²) in [6, 6.07) is 14.1. The number of nitro groups is 1. The third-order valence-corrected chi connectivity index (χ3v) is 7.54. The summed E-state index contributed by atoms with van der Waals surface area (Å²) in [7, 11) is -3.75. The fourth-order valence-corrected chi connectivity index (χ4v) is 5.63. The zero-order chi connectivity index (χ0) is 20.0. The zero-order valence-electron chi connectivity index (χ0n) is 15.4. The van der Waals surface area contributed by atoms with Crippen molar-refractivity contribution in [1.82, 2.24) is 4.31 Å². The number of hydrogen-bond acceptors (Lipinski definition) is 6. The third kappa shape index (κ3) is 5.03. The van der Waals surface area contributed by atoms with Crippen LogP contribution in [0.3, 0.4) is 0 Å². The lowest BCUT2D eigenvalue weighted by molar-refractivity contribution is -0.385. The number of nitro benzene ring substituents is 1. The van der Waals surface area contributed by atoms with Crippen LogP contribution in [-0.4, -0.2) is 43.0 Å². The Balaban J connectivity index is 1.68. The molecule has 1 aliphatic rings. The van der Waals surface area contributed by atoms with Gasteiger partial charge in [-0.05, 0) is 43.2 Å². The molecule has 0 amide bonds. The van der Waals surface area contributed by atoms with E-state index in [2.05, 4.69) is 17.4 Å². The quantitative estimate of drug-likeness (QED) is 0.285. The molecule has 1 fully saturated rings. The largest absolute Gasteiger partial charge is 0.384 e. The van der Waals surface area contributed by atoms with Gasteiger partial charge in [0.25, 0.3) is 5.69 Å². The molecule has 1 heterocycles. The van der Waals surface area contributed by atoms with E-state index in [1.165, 1.54) is 21.3 Å². The van der Waals surface area contributed by atoms with Crippen LogP contribution in [0.4, 0.5) is 11.4 Å². The molecule has 0 spiro atoms. The molecule has 3 rings (SSSR count). The molecule has 28 heavy (non-hydrogen) atoms. The van der Waals surface area contributed by atoms with E-state index in [1.807, 2.05) is 18.2 Å². The van der Waals surface area contributed by atoms with Crippen LogP contribution in [0.15, 0.2) is 58.3 Å². The van der Waals surface area contributed by atoms with E-state index >= 15 is 0 Å². The Hall–Kier alpha value is -2.10. The predicted octanol–water partition coefficient (Wildman–Crippen LogP) is 3.97. The minimum atomic E-state index is -3.75. The number of non-ortho nitro benzene ring substituents is 1. The van der Waals surface area contributed by atoms with Crippen molar-refractivity contribution < 1.29 is 13.3 Å². The maximum Gasteiger partial charge on any atom is 0.270 e. The molecule has 0 radical (unpaired) electrons. The Labute approximate surface area is 169 Å². The van der Waals surface area contributed by atoms with E-state index in [-0.39, 0.29) is 10.6 Å². The molecule has 0 unspecified atom stereocenters. The minimum Gasteiger partial charge on any atom is -0.384 e. The zero-order valence-corrected chi connectivity index (χ0v) is 17.0. The van der Waals surface area contributed by atoms with Gasteiger partial charge in [-0.25, -0.2) is 8.42 Å². The average molecular weight is 422 g/mol. The molecular formula is C19H23N3O4S2. The summed E-state index contributed by atoms with van der Waals surface area (Å²) < 4.78 is 27.3. The van der Waals surface area contributed by atoms with E-state index in [0.29, 0.717) is 25.3 Å². The third-order valence-electron chi connectivity index (χ3n) is 4.51. The van der Waals surface area contributed by atoms with Gasteiger partial charge in [-0.2, -0.15) is 4.31 Å². The lowest BCUT2D eigenvalue weighted by Gasteiger charge is -2.18. The summed E-state index contributed by atoms with van der Waals surface area (Å²) in [6.45, 7) is 1.50. The summed E-state index contributed by atoms with van der Waals surface area (Å²) in [5.74, 6) is 0.887. The standard InChI is InChI=1S/C19H23N3O4S2/c23-22(24)16-9-10-18(19(15-16)28(25,26)21-12-4-5-13-21)20-11-6-14-27-17-7-2-1-3-8-17/h1-3,7-10,15,20H,4-6,11-14H2. The molecule has 0 saturated carbocycles. The summed E-state index contributed by atoms with van der Waals surface area (Å²) in [4.78, 5) is 11.7.